The van der Waals surface area contributed by atoms with Gasteiger partial charge in [-0.3, -0.25) is 14.3 Å². The van der Waals surface area contributed by atoms with Crippen molar-refractivity contribution in [2.45, 2.75) is 32.6 Å². The summed E-state index contributed by atoms with van der Waals surface area (Å²) in [6.45, 7) is 2.41. The highest BCUT2D eigenvalue weighted by atomic mass is 16.4. The zero-order valence-corrected chi connectivity index (χ0v) is 11.9. The number of aliphatic carboxylic acids is 1. The van der Waals surface area contributed by atoms with Gasteiger partial charge in [0.2, 0.25) is 0 Å². The van der Waals surface area contributed by atoms with Crippen molar-refractivity contribution in [3.8, 4) is 0 Å². The first-order valence-electron chi connectivity index (χ1n) is 7.06. The molecule has 1 amide bonds. The lowest BCUT2D eigenvalue weighted by Gasteiger charge is -2.16. The van der Waals surface area contributed by atoms with Crippen LogP contribution in [0.5, 0.6) is 0 Å². The Morgan fingerprint density at radius 1 is 1.50 bits per heavy atom. The van der Waals surface area contributed by atoms with E-state index in [2.05, 4.69) is 10.4 Å². The molecular formula is C14H21N3O3. The molecule has 1 saturated carbocycles. The van der Waals surface area contributed by atoms with Crippen LogP contribution in [0.4, 0.5) is 0 Å². The number of nitrogens with zero attached hydrogens (tertiary/aromatic N) is 2. The second-order valence-corrected chi connectivity index (χ2v) is 5.34. The van der Waals surface area contributed by atoms with Crippen molar-refractivity contribution in [1.29, 1.82) is 0 Å². The summed E-state index contributed by atoms with van der Waals surface area (Å²) in [4.78, 5) is 23.2. The minimum Gasteiger partial charge on any atom is -0.481 e. The van der Waals surface area contributed by atoms with Crippen molar-refractivity contribution in [3.05, 3.63) is 17.5 Å². The lowest BCUT2D eigenvalue weighted by Crippen LogP contribution is -2.33. The third-order valence-electron chi connectivity index (χ3n) is 4.03. The van der Waals surface area contributed by atoms with E-state index in [-0.39, 0.29) is 17.7 Å². The van der Waals surface area contributed by atoms with Crippen LogP contribution in [-0.2, 0) is 18.3 Å². The molecule has 0 aromatic carbocycles. The number of rotatable bonds is 5. The zero-order valence-electron chi connectivity index (χ0n) is 11.9. The van der Waals surface area contributed by atoms with Crippen molar-refractivity contribution >= 4 is 11.9 Å². The quantitative estimate of drug-likeness (QED) is 0.848. The van der Waals surface area contributed by atoms with E-state index < -0.39 is 5.97 Å². The molecule has 1 aliphatic carbocycles. The van der Waals surface area contributed by atoms with Gasteiger partial charge in [-0.1, -0.05) is 13.3 Å². The average Bonchev–Trinajstić information content (AvgIpc) is 3.02. The number of aromatic nitrogens is 2. The smallest absolute Gasteiger partial charge is 0.306 e. The second-order valence-electron chi connectivity index (χ2n) is 5.34. The van der Waals surface area contributed by atoms with Crippen LogP contribution in [0.15, 0.2) is 6.07 Å². The van der Waals surface area contributed by atoms with Gasteiger partial charge in [0.15, 0.2) is 0 Å². The maximum absolute atomic E-state index is 12.1. The zero-order chi connectivity index (χ0) is 14.7. The van der Waals surface area contributed by atoms with Crippen LogP contribution in [0, 0.1) is 11.8 Å². The molecular weight excluding hydrogens is 258 g/mol. The summed E-state index contributed by atoms with van der Waals surface area (Å²) in [5, 5.41) is 16.2. The van der Waals surface area contributed by atoms with Gasteiger partial charge < -0.3 is 10.4 Å². The largest absolute Gasteiger partial charge is 0.481 e. The van der Waals surface area contributed by atoms with E-state index in [0.717, 1.165) is 25.0 Å². The molecule has 6 heteroatoms. The van der Waals surface area contributed by atoms with Crippen LogP contribution < -0.4 is 5.32 Å². The lowest BCUT2D eigenvalue weighted by molar-refractivity contribution is -0.142. The predicted octanol–water partition coefficient (Wildman–Crippen LogP) is 1.21. The molecule has 6 nitrogen and oxygen atoms in total. The van der Waals surface area contributed by atoms with Gasteiger partial charge in [0.1, 0.15) is 5.69 Å². The number of carbonyl (C=O) groups excluding carboxylic acids is 1. The fourth-order valence-electron chi connectivity index (χ4n) is 2.83. The van der Waals surface area contributed by atoms with Crippen molar-refractivity contribution < 1.29 is 14.7 Å². The maximum atomic E-state index is 12.1. The third kappa shape index (κ3) is 3.00. The van der Waals surface area contributed by atoms with Gasteiger partial charge >= 0.3 is 5.97 Å². The van der Waals surface area contributed by atoms with Crippen LogP contribution >= 0.6 is 0 Å². The molecule has 1 aromatic heterocycles. The summed E-state index contributed by atoms with van der Waals surface area (Å²) in [5.41, 5.74) is 1.40. The molecule has 0 aliphatic heterocycles. The molecule has 1 fully saturated rings. The number of nitrogens with one attached hydrogen (secondary N) is 1. The van der Waals surface area contributed by atoms with E-state index in [1.54, 1.807) is 17.8 Å². The SMILES string of the molecule is CCc1cc(C(=O)NCC2CCCC2C(=O)O)n(C)n1. The van der Waals surface area contributed by atoms with Crippen molar-refractivity contribution in [2.75, 3.05) is 6.54 Å². The Morgan fingerprint density at radius 3 is 2.85 bits per heavy atom. The van der Waals surface area contributed by atoms with E-state index in [1.807, 2.05) is 6.92 Å². The van der Waals surface area contributed by atoms with Crippen LogP contribution in [0.3, 0.4) is 0 Å². The van der Waals surface area contributed by atoms with Gasteiger partial charge in [0.25, 0.3) is 5.91 Å². The minimum atomic E-state index is -0.754. The Bertz CT molecular complexity index is 510. The summed E-state index contributed by atoms with van der Waals surface area (Å²) in [7, 11) is 1.74. The predicted molar refractivity (Wildman–Crippen MR) is 73.4 cm³/mol. The van der Waals surface area contributed by atoms with E-state index in [1.165, 1.54) is 0 Å². The second kappa shape index (κ2) is 6.07. The molecule has 1 aromatic rings. The Hall–Kier alpha value is -1.85. The normalized spacial score (nSPS) is 21.9. The van der Waals surface area contributed by atoms with Crippen LogP contribution in [0.1, 0.15) is 42.4 Å². The topological polar surface area (TPSA) is 84.2 Å². The van der Waals surface area contributed by atoms with Gasteiger partial charge in [-0.15, -0.1) is 0 Å². The van der Waals surface area contributed by atoms with E-state index in [4.69, 9.17) is 5.11 Å². The molecule has 0 spiro atoms. The van der Waals surface area contributed by atoms with E-state index in [0.29, 0.717) is 18.7 Å². The maximum Gasteiger partial charge on any atom is 0.306 e. The van der Waals surface area contributed by atoms with Crippen LogP contribution in [-0.4, -0.2) is 33.3 Å². The van der Waals surface area contributed by atoms with Gasteiger partial charge in [0.05, 0.1) is 11.6 Å². The lowest BCUT2D eigenvalue weighted by atomic mass is 9.96. The number of carboxylic acids is 1. The Balaban J connectivity index is 1.95. The first-order chi connectivity index (χ1) is 9.52. The molecule has 0 bridgehead atoms. The number of hydrogen-bond donors (Lipinski definition) is 2. The monoisotopic (exact) mass is 279 g/mol. The van der Waals surface area contributed by atoms with Crippen molar-refractivity contribution in [1.82, 2.24) is 15.1 Å². The van der Waals surface area contributed by atoms with Crippen LogP contribution in [0.25, 0.3) is 0 Å². The number of carboxylic acid groups (broad SMARTS) is 1. The first kappa shape index (κ1) is 14.6. The summed E-state index contributed by atoms with van der Waals surface area (Å²) >= 11 is 0. The first-order valence-corrected chi connectivity index (χ1v) is 7.06. The number of aryl methyl sites for hydroxylation is 2. The summed E-state index contributed by atoms with van der Waals surface area (Å²) in [6, 6.07) is 1.78. The van der Waals surface area contributed by atoms with E-state index >= 15 is 0 Å². The molecule has 20 heavy (non-hydrogen) atoms. The summed E-state index contributed by atoms with van der Waals surface area (Å²) in [6.07, 6.45) is 3.28. The average molecular weight is 279 g/mol. The summed E-state index contributed by atoms with van der Waals surface area (Å²) in [5.74, 6) is -1.23. The Labute approximate surface area is 118 Å². The molecule has 110 valence electrons. The highest BCUT2D eigenvalue weighted by molar-refractivity contribution is 5.92. The fraction of sp³-hybridized carbons (Fsp3) is 0.643. The molecule has 1 aliphatic rings. The molecule has 2 atom stereocenters. The van der Waals surface area contributed by atoms with Crippen molar-refractivity contribution in [2.24, 2.45) is 18.9 Å². The highest BCUT2D eigenvalue weighted by Gasteiger charge is 2.33. The number of carbonyl (C=O) groups is 2. The highest BCUT2D eigenvalue weighted by Crippen LogP contribution is 2.31. The Kier molecular flexibility index (Phi) is 4.42. The van der Waals surface area contributed by atoms with Gasteiger partial charge in [-0.25, -0.2) is 0 Å². The third-order valence-corrected chi connectivity index (χ3v) is 4.03. The van der Waals surface area contributed by atoms with Crippen molar-refractivity contribution in [3.63, 3.8) is 0 Å². The number of hydrogen-bond acceptors (Lipinski definition) is 3. The van der Waals surface area contributed by atoms with E-state index in [9.17, 15) is 9.59 Å². The molecule has 2 rings (SSSR count). The standard InChI is InChI=1S/C14H21N3O3/c1-3-10-7-12(17(2)16-10)13(18)15-8-9-5-4-6-11(9)14(19)20/h7,9,11H,3-6,8H2,1-2H3,(H,15,18)(H,19,20). The number of amides is 1. The summed E-state index contributed by atoms with van der Waals surface area (Å²) < 4.78 is 1.57. The minimum absolute atomic E-state index is 0.0373. The fourth-order valence-corrected chi connectivity index (χ4v) is 2.83. The molecule has 0 radical (unpaired) electrons. The van der Waals surface area contributed by atoms with Gasteiger partial charge in [-0.05, 0) is 31.2 Å². The van der Waals surface area contributed by atoms with Crippen LogP contribution in [0.2, 0.25) is 0 Å². The van der Waals surface area contributed by atoms with Gasteiger partial charge in [0, 0.05) is 13.6 Å². The molecule has 2 unspecified atom stereocenters. The molecule has 0 saturated heterocycles. The molecule has 2 N–H and O–H groups in total. The Morgan fingerprint density at radius 2 is 2.25 bits per heavy atom. The van der Waals surface area contributed by atoms with Gasteiger partial charge in [-0.2, -0.15) is 5.10 Å². The molecule has 1 heterocycles.